The van der Waals surface area contributed by atoms with E-state index in [4.69, 9.17) is 10.5 Å². The van der Waals surface area contributed by atoms with Crippen molar-refractivity contribution >= 4 is 5.91 Å². The fraction of sp³-hybridized carbons (Fsp3) is 0.917. The molecule has 0 aromatic rings. The number of unbranched alkanes of at least 4 members (excludes halogenated alkanes) is 1. The molecule has 1 aliphatic heterocycles. The molecular weight excluding hydrogens is 204 g/mol. The zero-order valence-corrected chi connectivity index (χ0v) is 10.4. The van der Waals surface area contributed by atoms with Gasteiger partial charge in [0, 0.05) is 12.6 Å². The van der Waals surface area contributed by atoms with Gasteiger partial charge >= 0.3 is 0 Å². The van der Waals surface area contributed by atoms with Crippen LogP contribution in [0.2, 0.25) is 0 Å². The molecule has 1 aliphatic rings. The van der Waals surface area contributed by atoms with Gasteiger partial charge in [-0.05, 0) is 26.2 Å². The summed E-state index contributed by atoms with van der Waals surface area (Å²) in [5.74, 6) is -0.332. The second kappa shape index (κ2) is 6.86. The number of amides is 1. The lowest BCUT2D eigenvalue weighted by Gasteiger charge is -2.17. The van der Waals surface area contributed by atoms with Gasteiger partial charge in [-0.3, -0.25) is 4.79 Å². The highest BCUT2D eigenvalue weighted by Crippen LogP contribution is 2.18. The standard InChI is InChI=1S/C12H24N2O2/c1-3-4-5-9(2)14-8-10-6-7-11(16-10)12(13)15/h9-11,14H,3-8H2,1-2H3,(H2,13,15). The molecule has 0 aromatic heterocycles. The normalized spacial score (nSPS) is 26.9. The molecular formula is C12H24N2O2. The van der Waals surface area contributed by atoms with Gasteiger partial charge in [0.2, 0.25) is 5.91 Å². The number of hydrogen-bond donors (Lipinski definition) is 2. The van der Waals surface area contributed by atoms with Gasteiger partial charge < -0.3 is 15.8 Å². The summed E-state index contributed by atoms with van der Waals surface area (Å²) >= 11 is 0. The first kappa shape index (κ1) is 13.5. The van der Waals surface area contributed by atoms with E-state index >= 15 is 0 Å². The number of rotatable bonds is 7. The maximum absolute atomic E-state index is 10.9. The highest BCUT2D eigenvalue weighted by atomic mass is 16.5. The van der Waals surface area contributed by atoms with E-state index in [1.807, 2.05) is 0 Å². The van der Waals surface area contributed by atoms with E-state index in [1.165, 1.54) is 19.3 Å². The predicted molar refractivity (Wildman–Crippen MR) is 64.1 cm³/mol. The van der Waals surface area contributed by atoms with Crippen LogP contribution in [0.25, 0.3) is 0 Å². The smallest absolute Gasteiger partial charge is 0.246 e. The van der Waals surface area contributed by atoms with Crippen molar-refractivity contribution in [2.45, 2.75) is 64.2 Å². The topological polar surface area (TPSA) is 64.3 Å². The van der Waals surface area contributed by atoms with E-state index in [0.717, 1.165) is 19.4 Å². The van der Waals surface area contributed by atoms with E-state index in [9.17, 15) is 4.79 Å². The highest BCUT2D eigenvalue weighted by molar-refractivity contribution is 5.79. The van der Waals surface area contributed by atoms with Crippen LogP contribution >= 0.6 is 0 Å². The highest BCUT2D eigenvalue weighted by Gasteiger charge is 2.28. The van der Waals surface area contributed by atoms with Crippen molar-refractivity contribution in [3.8, 4) is 0 Å². The second-order valence-corrected chi connectivity index (χ2v) is 4.68. The summed E-state index contributed by atoms with van der Waals surface area (Å²) in [5, 5.41) is 3.44. The molecule has 4 nitrogen and oxygen atoms in total. The van der Waals surface area contributed by atoms with Crippen molar-refractivity contribution < 1.29 is 9.53 Å². The molecule has 0 saturated carbocycles. The third-order valence-corrected chi connectivity index (χ3v) is 3.11. The molecule has 1 rings (SSSR count). The molecule has 1 amide bonds. The molecule has 1 saturated heterocycles. The number of nitrogens with two attached hydrogens (primary N) is 1. The van der Waals surface area contributed by atoms with Crippen LogP contribution < -0.4 is 11.1 Å². The first-order valence-corrected chi connectivity index (χ1v) is 6.31. The molecule has 3 atom stereocenters. The van der Waals surface area contributed by atoms with Crippen LogP contribution in [0.5, 0.6) is 0 Å². The third kappa shape index (κ3) is 4.49. The van der Waals surface area contributed by atoms with Crippen LogP contribution in [0.15, 0.2) is 0 Å². The average Bonchev–Trinajstić information content (AvgIpc) is 2.72. The van der Waals surface area contributed by atoms with Gasteiger partial charge in [0.05, 0.1) is 6.10 Å². The SMILES string of the molecule is CCCCC(C)NCC1CCC(C(N)=O)O1. The largest absolute Gasteiger partial charge is 0.367 e. The van der Waals surface area contributed by atoms with Crippen molar-refractivity contribution in [2.75, 3.05) is 6.54 Å². The molecule has 0 spiro atoms. The maximum Gasteiger partial charge on any atom is 0.246 e. The monoisotopic (exact) mass is 228 g/mol. The summed E-state index contributed by atoms with van der Waals surface area (Å²) in [5.41, 5.74) is 5.20. The van der Waals surface area contributed by atoms with E-state index in [1.54, 1.807) is 0 Å². The molecule has 0 bridgehead atoms. The van der Waals surface area contributed by atoms with Crippen LogP contribution in [-0.2, 0) is 9.53 Å². The van der Waals surface area contributed by atoms with Crippen molar-refractivity contribution in [3.63, 3.8) is 0 Å². The molecule has 3 unspecified atom stereocenters. The Hall–Kier alpha value is -0.610. The van der Waals surface area contributed by atoms with Gasteiger partial charge in [-0.25, -0.2) is 0 Å². The lowest BCUT2D eigenvalue weighted by atomic mass is 10.1. The van der Waals surface area contributed by atoms with Gasteiger partial charge in [-0.1, -0.05) is 19.8 Å². The van der Waals surface area contributed by atoms with Crippen molar-refractivity contribution in [1.29, 1.82) is 0 Å². The molecule has 1 fully saturated rings. The molecule has 1 heterocycles. The predicted octanol–water partition coefficient (Wildman–Crippen LogP) is 1.19. The number of primary amides is 1. The summed E-state index contributed by atoms with van der Waals surface area (Å²) in [6.07, 6.45) is 5.17. The van der Waals surface area contributed by atoms with E-state index in [2.05, 4.69) is 19.2 Å². The summed E-state index contributed by atoms with van der Waals surface area (Å²) in [7, 11) is 0. The van der Waals surface area contributed by atoms with E-state index < -0.39 is 0 Å². The molecule has 0 radical (unpaired) electrons. The van der Waals surface area contributed by atoms with Gasteiger partial charge in [-0.15, -0.1) is 0 Å². The lowest BCUT2D eigenvalue weighted by molar-refractivity contribution is -0.128. The number of ether oxygens (including phenoxy) is 1. The Bertz CT molecular complexity index is 221. The Labute approximate surface area is 97.9 Å². The van der Waals surface area contributed by atoms with Crippen molar-refractivity contribution in [3.05, 3.63) is 0 Å². The number of carbonyl (C=O) groups excluding carboxylic acids is 1. The first-order chi connectivity index (χ1) is 7.63. The molecule has 0 aliphatic carbocycles. The van der Waals surface area contributed by atoms with Crippen molar-refractivity contribution in [1.82, 2.24) is 5.32 Å². The minimum atomic E-state index is -0.363. The average molecular weight is 228 g/mol. The number of hydrogen-bond acceptors (Lipinski definition) is 3. The fourth-order valence-corrected chi connectivity index (χ4v) is 2.01. The lowest BCUT2D eigenvalue weighted by Crippen LogP contribution is -2.35. The Morgan fingerprint density at radius 3 is 2.88 bits per heavy atom. The van der Waals surface area contributed by atoms with Gasteiger partial charge in [0.15, 0.2) is 0 Å². The summed E-state index contributed by atoms with van der Waals surface area (Å²) in [4.78, 5) is 10.9. The first-order valence-electron chi connectivity index (χ1n) is 6.31. The maximum atomic E-state index is 10.9. The Morgan fingerprint density at radius 2 is 2.31 bits per heavy atom. The third-order valence-electron chi connectivity index (χ3n) is 3.11. The number of carbonyl (C=O) groups is 1. The zero-order chi connectivity index (χ0) is 12.0. The summed E-state index contributed by atoms with van der Waals surface area (Å²) in [6.45, 7) is 5.22. The summed E-state index contributed by atoms with van der Waals surface area (Å²) in [6, 6.07) is 0.524. The van der Waals surface area contributed by atoms with Crippen LogP contribution in [0.1, 0.15) is 46.0 Å². The fourth-order valence-electron chi connectivity index (χ4n) is 2.01. The van der Waals surface area contributed by atoms with Gasteiger partial charge in [0.25, 0.3) is 0 Å². The number of nitrogens with one attached hydrogen (secondary N) is 1. The van der Waals surface area contributed by atoms with Crippen molar-refractivity contribution in [2.24, 2.45) is 5.73 Å². The zero-order valence-electron chi connectivity index (χ0n) is 10.4. The Balaban J connectivity index is 2.12. The Kier molecular flexibility index (Phi) is 5.77. The minimum absolute atomic E-state index is 0.154. The minimum Gasteiger partial charge on any atom is -0.367 e. The molecule has 16 heavy (non-hydrogen) atoms. The van der Waals surface area contributed by atoms with Gasteiger partial charge in [-0.2, -0.15) is 0 Å². The van der Waals surface area contributed by atoms with Gasteiger partial charge in [0.1, 0.15) is 6.10 Å². The second-order valence-electron chi connectivity index (χ2n) is 4.68. The quantitative estimate of drug-likeness (QED) is 0.688. The van der Waals surface area contributed by atoms with E-state index in [-0.39, 0.29) is 18.1 Å². The molecule has 0 aromatic carbocycles. The summed E-state index contributed by atoms with van der Waals surface area (Å²) < 4.78 is 5.54. The molecule has 94 valence electrons. The van der Waals surface area contributed by atoms with Crippen LogP contribution in [0.3, 0.4) is 0 Å². The van der Waals surface area contributed by atoms with Crippen LogP contribution in [0, 0.1) is 0 Å². The molecule has 4 heteroatoms. The van der Waals surface area contributed by atoms with Crippen LogP contribution in [0.4, 0.5) is 0 Å². The Morgan fingerprint density at radius 1 is 1.56 bits per heavy atom. The molecule has 3 N–H and O–H groups in total. The van der Waals surface area contributed by atoms with Crippen LogP contribution in [-0.4, -0.2) is 30.7 Å². The van der Waals surface area contributed by atoms with E-state index in [0.29, 0.717) is 6.04 Å².